The van der Waals surface area contributed by atoms with Gasteiger partial charge >= 0.3 is 18.5 Å². The number of nitrogens with zero attached hydrogens (tertiary/aromatic N) is 3. The van der Waals surface area contributed by atoms with Crippen molar-refractivity contribution in [1.82, 2.24) is 20.2 Å². The molecular weight excluding hydrogens is 766 g/mol. The summed E-state index contributed by atoms with van der Waals surface area (Å²) in [6.07, 6.45) is -14.0. The highest BCUT2D eigenvalue weighted by molar-refractivity contribution is 6.39. The Morgan fingerprint density at radius 2 is 1.45 bits per heavy atom. The van der Waals surface area contributed by atoms with Crippen molar-refractivity contribution < 1.29 is 49.1 Å². The molecule has 2 aromatic carbocycles. The fourth-order valence-corrected chi connectivity index (χ4v) is 7.07. The number of fused-ring (bicyclic) bond motifs is 1. The Labute approximate surface area is 308 Å². The maximum Gasteiger partial charge on any atom is 0.402 e. The number of amides is 2. The van der Waals surface area contributed by atoms with Gasteiger partial charge in [-0.3, -0.25) is 9.59 Å². The summed E-state index contributed by atoms with van der Waals surface area (Å²) in [6, 6.07) is 5.37. The van der Waals surface area contributed by atoms with Gasteiger partial charge in [-0.25, -0.2) is 4.98 Å². The lowest BCUT2D eigenvalue weighted by Gasteiger charge is -2.35. The van der Waals surface area contributed by atoms with E-state index in [0.717, 1.165) is 13.8 Å². The van der Waals surface area contributed by atoms with Gasteiger partial charge in [0.25, 0.3) is 5.91 Å². The maximum atomic E-state index is 13.7. The summed E-state index contributed by atoms with van der Waals surface area (Å²) in [4.78, 5) is 32.4. The molecular formula is C34H37Cl2F9N6O2. The third kappa shape index (κ3) is 8.71. The molecule has 2 fully saturated rings. The van der Waals surface area contributed by atoms with Crippen LogP contribution in [0.25, 0.3) is 11.0 Å². The van der Waals surface area contributed by atoms with Gasteiger partial charge in [0.2, 0.25) is 11.9 Å². The van der Waals surface area contributed by atoms with Gasteiger partial charge in [0.15, 0.2) is 0 Å². The van der Waals surface area contributed by atoms with Crippen LogP contribution in [0.1, 0.15) is 68.3 Å². The van der Waals surface area contributed by atoms with Crippen LogP contribution in [0.15, 0.2) is 24.3 Å². The van der Waals surface area contributed by atoms with E-state index in [1.807, 2.05) is 0 Å². The molecule has 5 rings (SSSR count). The first-order valence-electron chi connectivity index (χ1n) is 16.8. The number of anilines is 3. The van der Waals surface area contributed by atoms with E-state index >= 15 is 0 Å². The Morgan fingerprint density at radius 1 is 0.868 bits per heavy atom. The van der Waals surface area contributed by atoms with Gasteiger partial charge in [-0.1, -0.05) is 29.3 Å². The summed E-state index contributed by atoms with van der Waals surface area (Å²) < 4.78 is 122. The van der Waals surface area contributed by atoms with E-state index in [0.29, 0.717) is 11.2 Å². The topological polar surface area (TPSA) is 91.3 Å². The number of aromatic nitrogens is 2. The minimum absolute atomic E-state index is 0.00961. The van der Waals surface area contributed by atoms with Crippen LogP contribution >= 0.6 is 23.2 Å². The van der Waals surface area contributed by atoms with Gasteiger partial charge in [-0.2, -0.15) is 39.5 Å². The zero-order valence-electron chi connectivity index (χ0n) is 28.7. The number of benzene rings is 2. The number of aryl methyl sites for hydroxylation is 1. The molecule has 0 radical (unpaired) electrons. The average molecular weight is 804 g/mol. The van der Waals surface area contributed by atoms with E-state index in [4.69, 9.17) is 23.2 Å². The first kappa shape index (κ1) is 40.6. The molecule has 2 heterocycles. The third-order valence-corrected chi connectivity index (χ3v) is 10.9. The predicted molar refractivity (Wildman–Crippen MR) is 182 cm³/mol. The molecule has 53 heavy (non-hydrogen) atoms. The van der Waals surface area contributed by atoms with E-state index in [2.05, 4.69) is 20.9 Å². The minimum Gasteiger partial charge on any atom is -0.371 e. The van der Waals surface area contributed by atoms with Crippen molar-refractivity contribution in [2.45, 2.75) is 83.5 Å². The molecule has 19 heteroatoms. The molecule has 3 aromatic rings. The van der Waals surface area contributed by atoms with Gasteiger partial charge in [0, 0.05) is 32.7 Å². The molecule has 292 valence electrons. The zero-order chi connectivity index (χ0) is 39.3. The van der Waals surface area contributed by atoms with E-state index in [-0.39, 0.29) is 96.5 Å². The molecule has 0 spiro atoms. The van der Waals surface area contributed by atoms with Crippen molar-refractivity contribution in [3.8, 4) is 0 Å². The lowest BCUT2D eigenvalue weighted by molar-refractivity contribution is -0.211. The van der Waals surface area contributed by atoms with Gasteiger partial charge in [0.1, 0.15) is 5.41 Å². The molecule has 1 aliphatic carbocycles. The van der Waals surface area contributed by atoms with Gasteiger partial charge in [-0.05, 0) is 76.1 Å². The molecule has 1 saturated heterocycles. The summed E-state index contributed by atoms with van der Waals surface area (Å²) in [5.74, 6) is -4.70. The average Bonchev–Trinajstić information content (AvgIpc) is 3.38. The van der Waals surface area contributed by atoms with Crippen LogP contribution in [0, 0.1) is 17.3 Å². The van der Waals surface area contributed by atoms with Crippen LogP contribution in [0.2, 0.25) is 10.0 Å². The maximum absolute atomic E-state index is 13.7. The summed E-state index contributed by atoms with van der Waals surface area (Å²) in [6.45, 7) is 1.11. The zero-order valence-corrected chi connectivity index (χ0v) is 30.2. The molecule has 0 atom stereocenters. The molecule has 8 nitrogen and oxygen atoms in total. The van der Waals surface area contributed by atoms with Crippen LogP contribution in [0.4, 0.5) is 56.8 Å². The number of carbonyl (C=O) groups is 2. The number of carbonyl (C=O) groups excluding carboxylic acids is 2. The number of nitrogens with one attached hydrogen (secondary N) is 3. The van der Waals surface area contributed by atoms with Crippen molar-refractivity contribution in [1.29, 1.82) is 0 Å². The Kier molecular flexibility index (Phi) is 11.4. The molecule has 1 saturated carbocycles. The number of rotatable bonds is 8. The number of halogens is 11. The summed E-state index contributed by atoms with van der Waals surface area (Å²) >= 11 is 13.0. The molecule has 0 bridgehead atoms. The summed E-state index contributed by atoms with van der Waals surface area (Å²) in [5.41, 5.74) is -1.19. The van der Waals surface area contributed by atoms with E-state index in [1.165, 1.54) is 18.2 Å². The number of hydrogen-bond donors (Lipinski definition) is 3. The molecule has 3 N–H and O–H groups in total. The van der Waals surface area contributed by atoms with Gasteiger partial charge in [0.05, 0.1) is 49.9 Å². The largest absolute Gasteiger partial charge is 0.402 e. The van der Waals surface area contributed by atoms with E-state index < -0.39 is 53.6 Å². The standard InChI is InChI=1S/C34H37Cl2F9N6O2/c1-31(2,34(43,44)45)29(53)46-16-17-4-9-22(35)27(26(17)36)49-30-48-23-14-21(28(52)47-20-7-5-18(6-8-20)32(37,38)39)24(15-25(23)50(30)3)51-12-10-19(11-13-51)33(40,41)42/h4,9,14-15,18-20H,5-8,10-13,16H2,1-3H3,(H,46,53)(H,47,52)(H,48,49). The number of hydrogen-bond acceptors (Lipinski definition) is 5. The SMILES string of the molecule is Cn1c(Nc2c(Cl)ccc(CNC(=O)C(C)(C)C(F)(F)F)c2Cl)nc2cc(C(=O)NC3CCC(C(F)(F)F)CC3)c(N3CCC(C(F)(F)F)CC3)cc21. The van der Waals surface area contributed by atoms with Crippen molar-refractivity contribution in [3.05, 3.63) is 45.4 Å². The molecule has 2 amide bonds. The van der Waals surface area contributed by atoms with Crippen LogP contribution in [-0.2, 0) is 18.4 Å². The second-order valence-electron chi connectivity index (χ2n) is 14.0. The smallest absolute Gasteiger partial charge is 0.371 e. The van der Waals surface area contributed by atoms with Crippen LogP contribution < -0.4 is 20.9 Å². The number of imidazole rings is 1. The van der Waals surface area contributed by atoms with Crippen molar-refractivity contribution in [3.63, 3.8) is 0 Å². The van der Waals surface area contributed by atoms with Crippen LogP contribution in [0.5, 0.6) is 0 Å². The third-order valence-electron chi connectivity index (χ3n) is 10.2. The van der Waals surface area contributed by atoms with Gasteiger partial charge < -0.3 is 25.4 Å². The lowest BCUT2D eigenvalue weighted by Crippen LogP contribution is -2.46. The van der Waals surface area contributed by atoms with Crippen molar-refractivity contribution in [2.75, 3.05) is 23.3 Å². The first-order chi connectivity index (χ1) is 24.5. The first-order valence-corrected chi connectivity index (χ1v) is 17.5. The summed E-state index contributed by atoms with van der Waals surface area (Å²) in [7, 11) is 1.61. The Bertz CT molecular complexity index is 1840. The van der Waals surface area contributed by atoms with Crippen LogP contribution in [-0.4, -0.2) is 59.0 Å². The minimum atomic E-state index is -4.80. The molecule has 1 aliphatic heterocycles. The van der Waals surface area contributed by atoms with Crippen molar-refractivity contribution in [2.24, 2.45) is 24.3 Å². The highest BCUT2D eigenvalue weighted by atomic mass is 35.5. The Hall–Kier alpha value is -3.60. The highest BCUT2D eigenvalue weighted by Gasteiger charge is 2.53. The Morgan fingerprint density at radius 3 is 2.02 bits per heavy atom. The second-order valence-corrected chi connectivity index (χ2v) is 14.8. The lowest BCUT2D eigenvalue weighted by atomic mass is 9.85. The second kappa shape index (κ2) is 14.9. The van der Waals surface area contributed by atoms with Gasteiger partial charge in [-0.15, -0.1) is 0 Å². The predicted octanol–water partition coefficient (Wildman–Crippen LogP) is 9.46. The Balaban J connectivity index is 1.44. The number of alkyl halides is 9. The normalized spacial score (nSPS) is 19.4. The van der Waals surface area contributed by atoms with Crippen molar-refractivity contribution >= 4 is 63.4 Å². The quantitative estimate of drug-likeness (QED) is 0.198. The molecule has 1 aromatic heterocycles. The monoisotopic (exact) mass is 802 g/mol. The van der Waals surface area contributed by atoms with Crippen LogP contribution in [0.3, 0.4) is 0 Å². The molecule has 0 unspecified atom stereocenters. The molecule has 2 aliphatic rings. The van der Waals surface area contributed by atoms with E-state index in [1.54, 1.807) is 22.6 Å². The fraction of sp³-hybridized carbons (Fsp3) is 0.559. The van der Waals surface area contributed by atoms with E-state index in [9.17, 15) is 49.1 Å². The number of piperidine rings is 1. The highest BCUT2D eigenvalue weighted by Crippen LogP contribution is 2.41. The summed E-state index contributed by atoms with van der Waals surface area (Å²) in [5, 5.41) is 8.13. The fourth-order valence-electron chi connectivity index (χ4n) is 6.54.